The summed E-state index contributed by atoms with van der Waals surface area (Å²) in [5, 5.41) is 11.2. The highest BCUT2D eigenvalue weighted by Gasteiger charge is 2.31. The van der Waals surface area contributed by atoms with Crippen LogP contribution in [-0.2, 0) is 10.0 Å². The molecule has 0 saturated carbocycles. The highest BCUT2D eigenvalue weighted by molar-refractivity contribution is 7.89. The summed E-state index contributed by atoms with van der Waals surface area (Å²) >= 11 is 0. The fourth-order valence-corrected chi connectivity index (χ4v) is 6.36. The van der Waals surface area contributed by atoms with E-state index in [1.165, 1.54) is 28.6 Å². The molecule has 1 aliphatic heterocycles. The normalized spacial score (nSPS) is 18.7. The molecule has 2 aromatic carbocycles. The van der Waals surface area contributed by atoms with E-state index >= 15 is 0 Å². The first-order valence-electron chi connectivity index (χ1n) is 12.2. The summed E-state index contributed by atoms with van der Waals surface area (Å²) in [6.45, 7) is 7.48. The molecule has 4 aromatic rings. The molecular weight excluding hydrogens is 496 g/mol. The number of piperidine rings is 1. The average molecular weight is 525 g/mol. The van der Waals surface area contributed by atoms with E-state index < -0.39 is 15.9 Å². The Morgan fingerprint density at radius 1 is 1.08 bits per heavy atom. The second-order valence-electron chi connectivity index (χ2n) is 9.38. The molecule has 2 unspecified atom stereocenters. The van der Waals surface area contributed by atoms with Gasteiger partial charge in [0, 0.05) is 24.0 Å². The molecule has 1 amide bonds. The molecule has 5 rings (SSSR count). The number of ether oxygens (including phenoxy) is 1. The van der Waals surface area contributed by atoms with Crippen LogP contribution in [0.15, 0.2) is 62.3 Å². The maximum absolute atomic E-state index is 13.1. The number of amides is 1. The van der Waals surface area contributed by atoms with Crippen molar-refractivity contribution < 1.29 is 26.8 Å². The number of anilines is 1. The van der Waals surface area contributed by atoms with Crippen LogP contribution in [0.2, 0.25) is 0 Å². The van der Waals surface area contributed by atoms with Gasteiger partial charge in [0.1, 0.15) is 0 Å². The lowest BCUT2D eigenvalue weighted by atomic mass is 9.94. The molecule has 37 heavy (non-hydrogen) atoms. The molecule has 0 spiro atoms. The van der Waals surface area contributed by atoms with Crippen LogP contribution in [-0.4, -0.2) is 48.5 Å². The third-order valence-corrected chi connectivity index (χ3v) is 8.10. The molecular formula is C26H28N4O6S. The van der Waals surface area contributed by atoms with Crippen molar-refractivity contribution in [3.05, 3.63) is 54.1 Å². The maximum Gasteiger partial charge on any atom is 0.322 e. The zero-order chi connectivity index (χ0) is 26.2. The Hall–Kier alpha value is -3.70. The lowest BCUT2D eigenvalue weighted by Crippen LogP contribution is -2.42. The lowest BCUT2D eigenvalue weighted by Gasteiger charge is -2.34. The average Bonchev–Trinajstić information content (AvgIpc) is 3.51. The Kier molecular flexibility index (Phi) is 6.74. The molecule has 2 aromatic heterocycles. The lowest BCUT2D eigenvalue weighted by molar-refractivity contribution is 0.102. The van der Waals surface area contributed by atoms with Gasteiger partial charge in [-0.1, -0.05) is 31.1 Å². The van der Waals surface area contributed by atoms with E-state index in [2.05, 4.69) is 29.4 Å². The summed E-state index contributed by atoms with van der Waals surface area (Å²) < 4.78 is 44.7. The number of carbonyl (C=O) groups excluding carboxylic acids is 1. The number of aromatic nitrogens is 2. The number of hydrogen-bond donors (Lipinski definition) is 1. The second-order valence-corrected chi connectivity index (χ2v) is 11.3. The van der Waals surface area contributed by atoms with Gasteiger partial charge in [0.05, 0.1) is 11.5 Å². The van der Waals surface area contributed by atoms with E-state index in [1.807, 2.05) is 25.1 Å². The minimum Gasteiger partial charge on any atom is -0.490 e. The molecule has 0 radical (unpaired) electrons. The van der Waals surface area contributed by atoms with Gasteiger partial charge in [0.25, 0.3) is 11.8 Å². The van der Waals surface area contributed by atoms with Crippen molar-refractivity contribution in [1.29, 1.82) is 0 Å². The maximum atomic E-state index is 13.1. The van der Waals surface area contributed by atoms with E-state index in [0.29, 0.717) is 48.6 Å². The van der Waals surface area contributed by atoms with Crippen LogP contribution < -0.4 is 10.1 Å². The number of fused-ring (bicyclic) bond motifs is 1. The Labute approximate surface area is 214 Å². The number of benzene rings is 2. The molecule has 0 aliphatic carbocycles. The number of sulfonamides is 1. The van der Waals surface area contributed by atoms with Gasteiger partial charge in [0.15, 0.2) is 17.1 Å². The molecule has 1 N–H and O–H groups in total. The topological polar surface area (TPSA) is 128 Å². The zero-order valence-corrected chi connectivity index (χ0v) is 21.6. The third-order valence-electron chi connectivity index (χ3n) is 6.25. The van der Waals surface area contributed by atoms with Gasteiger partial charge in [-0.05, 0) is 61.6 Å². The molecule has 0 bridgehead atoms. The first-order chi connectivity index (χ1) is 17.7. The number of rotatable bonds is 7. The van der Waals surface area contributed by atoms with Crippen molar-refractivity contribution in [1.82, 2.24) is 14.5 Å². The first-order valence-corrected chi connectivity index (χ1v) is 13.6. The van der Waals surface area contributed by atoms with Gasteiger partial charge in [-0.3, -0.25) is 10.1 Å². The molecule has 1 aliphatic rings. The Morgan fingerprint density at radius 2 is 1.81 bits per heavy atom. The van der Waals surface area contributed by atoms with E-state index in [4.69, 9.17) is 13.6 Å². The number of furan rings is 1. The van der Waals surface area contributed by atoms with Crippen molar-refractivity contribution in [3.63, 3.8) is 0 Å². The van der Waals surface area contributed by atoms with Gasteiger partial charge in [-0.15, -0.1) is 5.10 Å². The molecule has 3 heterocycles. The standard InChI is InChI=1S/C26H28N4O6S/c1-4-34-21-7-5-6-19-13-22(35-23(19)21)25-28-29-26(36-25)27-24(31)18-8-10-20(11-9-18)37(32,33)30-14-16(2)12-17(3)15-30/h5-11,13,16-17H,4,12,14-15H2,1-3H3,(H,27,29,31). The van der Waals surface area contributed by atoms with Gasteiger partial charge >= 0.3 is 6.01 Å². The smallest absolute Gasteiger partial charge is 0.322 e. The van der Waals surface area contributed by atoms with Crippen LogP contribution in [0.4, 0.5) is 6.01 Å². The van der Waals surface area contributed by atoms with Crippen LogP contribution in [0.3, 0.4) is 0 Å². The van der Waals surface area contributed by atoms with Crippen molar-refractivity contribution in [3.8, 4) is 17.4 Å². The predicted octanol–water partition coefficient (Wildman–Crippen LogP) is 4.80. The SMILES string of the molecule is CCOc1cccc2cc(-c3nnc(NC(=O)c4ccc(S(=O)(=O)N5CC(C)CC(C)C5)cc4)o3)oc12. The minimum absolute atomic E-state index is 0.0976. The van der Waals surface area contributed by atoms with Crippen molar-refractivity contribution in [2.24, 2.45) is 11.8 Å². The Morgan fingerprint density at radius 3 is 2.51 bits per heavy atom. The third kappa shape index (κ3) is 5.09. The summed E-state index contributed by atoms with van der Waals surface area (Å²) in [5.74, 6) is 1.13. The molecule has 1 fully saturated rings. The predicted molar refractivity (Wildman–Crippen MR) is 137 cm³/mol. The van der Waals surface area contributed by atoms with Crippen molar-refractivity contribution in [2.45, 2.75) is 32.1 Å². The molecule has 11 heteroatoms. The van der Waals surface area contributed by atoms with Crippen LogP contribution in [0, 0.1) is 11.8 Å². The Bertz CT molecular complexity index is 1520. The monoisotopic (exact) mass is 524 g/mol. The first kappa shape index (κ1) is 25.0. The molecule has 194 valence electrons. The number of carbonyl (C=O) groups is 1. The molecule has 1 saturated heterocycles. The van der Waals surface area contributed by atoms with Crippen LogP contribution in [0.1, 0.15) is 37.6 Å². The summed E-state index contributed by atoms with van der Waals surface area (Å²) in [7, 11) is -3.63. The summed E-state index contributed by atoms with van der Waals surface area (Å²) in [5.41, 5.74) is 0.816. The second kappa shape index (κ2) is 9.98. The molecule has 2 atom stereocenters. The van der Waals surface area contributed by atoms with Crippen molar-refractivity contribution >= 4 is 32.9 Å². The van der Waals surface area contributed by atoms with E-state index in [-0.39, 0.29) is 22.4 Å². The number of nitrogens with one attached hydrogen (secondary N) is 1. The number of nitrogens with zero attached hydrogens (tertiary/aromatic N) is 3. The van der Waals surface area contributed by atoms with Crippen LogP contribution in [0.5, 0.6) is 5.75 Å². The van der Waals surface area contributed by atoms with Crippen molar-refractivity contribution in [2.75, 3.05) is 25.0 Å². The number of hydrogen-bond acceptors (Lipinski definition) is 8. The zero-order valence-electron chi connectivity index (χ0n) is 20.8. The Balaban J connectivity index is 1.29. The fraction of sp³-hybridized carbons (Fsp3) is 0.346. The summed E-state index contributed by atoms with van der Waals surface area (Å²) in [6, 6.07) is 13.0. The highest BCUT2D eigenvalue weighted by Crippen LogP contribution is 2.33. The van der Waals surface area contributed by atoms with Gasteiger partial charge in [0.2, 0.25) is 10.0 Å². The van der Waals surface area contributed by atoms with E-state index in [9.17, 15) is 13.2 Å². The van der Waals surface area contributed by atoms with Crippen LogP contribution in [0.25, 0.3) is 22.6 Å². The fourth-order valence-electron chi connectivity index (χ4n) is 4.68. The largest absolute Gasteiger partial charge is 0.490 e. The number of para-hydroxylation sites is 1. The summed E-state index contributed by atoms with van der Waals surface area (Å²) in [6.07, 6.45) is 1.01. The minimum atomic E-state index is -3.63. The van der Waals surface area contributed by atoms with E-state index in [0.717, 1.165) is 11.8 Å². The molecule has 10 nitrogen and oxygen atoms in total. The van der Waals surface area contributed by atoms with Gasteiger partial charge < -0.3 is 13.6 Å². The quantitative estimate of drug-likeness (QED) is 0.365. The van der Waals surface area contributed by atoms with Crippen LogP contribution >= 0.6 is 0 Å². The van der Waals surface area contributed by atoms with Gasteiger partial charge in [-0.2, -0.15) is 4.31 Å². The van der Waals surface area contributed by atoms with Gasteiger partial charge in [-0.25, -0.2) is 8.42 Å². The highest BCUT2D eigenvalue weighted by atomic mass is 32.2. The summed E-state index contributed by atoms with van der Waals surface area (Å²) in [4.78, 5) is 12.9. The van der Waals surface area contributed by atoms with E-state index in [1.54, 1.807) is 6.07 Å².